The van der Waals surface area contributed by atoms with Crippen molar-refractivity contribution in [2.75, 3.05) is 24.5 Å². The van der Waals surface area contributed by atoms with Crippen molar-refractivity contribution in [3.05, 3.63) is 119 Å². The molecule has 71 heavy (non-hydrogen) atoms. The Labute approximate surface area is 416 Å². The maximum absolute atomic E-state index is 14.3. The molecular formula is C53H66BN9O8. The molecule has 1 spiro atoms. The number of hydrogen-bond donors (Lipinski definition) is 7. The molecule has 3 aliphatic rings. The molecule has 18 heteroatoms. The van der Waals surface area contributed by atoms with Crippen molar-refractivity contribution >= 4 is 54.2 Å². The third kappa shape index (κ3) is 11.7. The van der Waals surface area contributed by atoms with Crippen molar-refractivity contribution in [1.29, 1.82) is 10.8 Å². The Balaban J connectivity index is 1.04. The van der Waals surface area contributed by atoms with Crippen LogP contribution >= 0.6 is 0 Å². The Morgan fingerprint density at radius 1 is 0.915 bits per heavy atom. The number of carbonyl (C=O) groups is 4. The summed E-state index contributed by atoms with van der Waals surface area (Å²) in [6, 6.07) is 17.2. The number of likely N-dealkylation sites (N-methyl/N-ethyl adjacent to an activating group) is 1. The number of carbonyl (C=O) groups excluding carboxylic acids is 4. The molecule has 2 aliphatic heterocycles. The standard InChI is InChI=1S/C53H66BN9O8/c1-8-57-50(68)47(56)63(46(55)39-28-38(33(4)5)43(64)29-44(39)65)37-20-18-36(19-21-37)51(69)62-25-23-53(24-26-62)52(6,7)70-54(71-53)45(27-32(2)3)61-48(66)40(22-17-34-13-10-9-11-14-34)60-49(67)42-31-58-41(30-59-42)35-15-12-16-35/h9-11,13-14,17-22,28-33,35,40,45,55-56,64-65H,8,12,15-16,23-27H2,1-7H3,(H,57,68)(H,60,67)(H,61,66)/b22-17+,55-46?,56-47?/t40-,45-/m0/s1. The summed E-state index contributed by atoms with van der Waals surface area (Å²) in [5.74, 6) is -3.74. The summed E-state index contributed by atoms with van der Waals surface area (Å²) >= 11 is 0. The molecule has 0 radical (unpaired) electrons. The summed E-state index contributed by atoms with van der Waals surface area (Å²) in [5.41, 5.74) is 1.25. The molecule has 0 unspecified atom stereocenters. The molecular weight excluding hydrogens is 901 g/mol. The largest absolute Gasteiger partial charge is 0.508 e. The van der Waals surface area contributed by atoms with Gasteiger partial charge in [-0.25, -0.2) is 4.98 Å². The van der Waals surface area contributed by atoms with Gasteiger partial charge in [0, 0.05) is 49.1 Å². The van der Waals surface area contributed by atoms with Crippen LogP contribution in [0.3, 0.4) is 0 Å². The maximum Gasteiger partial charge on any atom is 0.481 e. The van der Waals surface area contributed by atoms with Gasteiger partial charge in [-0.05, 0) is 106 Å². The second-order valence-corrected chi connectivity index (χ2v) is 19.8. The molecule has 3 heterocycles. The Morgan fingerprint density at radius 3 is 2.20 bits per heavy atom. The fourth-order valence-corrected chi connectivity index (χ4v) is 9.34. The monoisotopic (exact) mass is 968 g/mol. The summed E-state index contributed by atoms with van der Waals surface area (Å²) < 4.78 is 13.6. The molecule has 17 nitrogen and oxygen atoms in total. The number of aromatic nitrogens is 2. The molecule has 374 valence electrons. The predicted octanol–water partition coefficient (Wildman–Crippen LogP) is 7.09. The Morgan fingerprint density at radius 2 is 1.61 bits per heavy atom. The van der Waals surface area contributed by atoms with Gasteiger partial charge in [0.25, 0.3) is 17.7 Å². The van der Waals surface area contributed by atoms with Gasteiger partial charge in [0.05, 0.1) is 34.6 Å². The first-order valence-corrected chi connectivity index (χ1v) is 24.5. The van der Waals surface area contributed by atoms with E-state index in [1.54, 1.807) is 54.4 Å². The van der Waals surface area contributed by atoms with E-state index < -0.39 is 59.6 Å². The van der Waals surface area contributed by atoms with Gasteiger partial charge in [0.15, 0.2) is 5.84 Å². The molecule has 2 saturated heterocycles. The molecule has 3 aromatic carbocycles. The van der Waals surface area contributed by atoms with E-state index in [9.17, 15) is 29.4 Å². The van der Waals surface area contributed by atoms with E-state index in [1.165, 1.54) is 12.3 Å². The highest BCUT2D eigenvalue weighted by Crippen LogP contribution is 2.46. The number of nitrogens with zero attached hydrogens (tertiary/aromatic N) is 4. The number of hydrogen-bond acceptors (Lipinski definition) is 12. The fraction of sp³-hybridized carbons (Fsp3) is 0.434. The summed E-state index contributed by atoms with van der Waals surface area (Å²) in [7, 11) is -0.842. The van der Waals surface area contributed by atoms with Crippen molar-refractivity contribution in [2.45, 2.75) is 122 Å². The fourth-order valence-electron chi connectivity index (χ4n) is 9.34. The number of rotatable bonds is 15. The van der Waals surface area contributed by atoms with Gasteiger partial charge in [-0.2, -0.15) is 0 Å². The number of nitrogens with one attached hydrogen (secondary N) is 5. The van der Waals surface area contributed by atoms with Gasteiger partial charge in [-0.15, -0.1) is 0 Å². The van der Waals surface area contributed by atoms with Crippen LogP contribution in [0.15, 0.2) is 85.2 Å². The van der Waals surface area contributed by atoms with Crippen LogP contribution in [0.1, 0.15) is 142 Å². The Hall–Kier alpha value is -6.92. The van der Waals surface area contributed by atoms with Crippen LogP contribution in [0.4, 0.5) is 5.69 Å². The van der Waals surface area contributed by atoms with Crippen molar-refractivity contribution < 1.29 is 38.7 Å². The lowest BCUT2D eigenvalue weighted by atomic mass is 9.73. The number of likely N-dealkylation sites (tertiary alicyclic amines) is 1. The quantitative estimate of drug-likeness (QED) is 0.0360. The number of benzene rings is 3. The molecule has 1 aliphatic carbocycles. The third-order valence-corrected chi connectivity index (χ3v) is 13.8. The molecule has 7 N–H and O–H groups in total. The van der Waals surface area contributed by atoms with Crippen molar-refractivity contribution in [3.63, 3.8) is 0 Å². The van der Waals surface area contributed by atoms with E-state index in [2.05, 4.69) is 25.9 Å². The van der Waals surface area contributed by atoms with E-state index in [1.807, 2.05) is 71.9 Å². The molecule has 1 aromatic heterocycles. The first-order chi connectivity index (χ1) is 33.8. The van der Waals surface area contributed by atoms with Crippen LogP contribution in [-0.2, 0) is 18.9 Å². The minimum absolute atomic E-state index is 0.00403. The normalized spacial score (nSPS) is 17.2. The lowest BCUT2D eigenvalue weighted by molar-refractivity contribution is -0.122. The van der Waals surface area contributed by atoms with Crippen LogP contribution < -0.4 is 20.9 Å². The minimum Gasteiger partial charge on any atom is -0.508 e. The zero-order valence-electron chi connectivity index (χ0n) is 41.6. The van der Waals surface area contributed by atoms with Gasteiger partial charge in [0.1, 0.15) is 29.1 Å². The van der Waals surface area contributed by atoms with Gasteiger partial charge >= 0.3 is 7.12 Å². The van der Waals surface area contributed by atoms with E-state index in [-0.39, 0.29) is 52.8 Å². The average Bonchev–Trinajstić information content (AvgIpc) is 3.58. The summed E-state index contributed by atoms with van der Waals surface area (Å²) in [6.07, 6.45) is 11.2. The third-order valence-electron chi connectivity index (χ3n) is 13.8. The highest BCUT2D eigenvalue weighted by atomic mass is 16.7. The second kappa shape index (κ2) is 22.0. The van der Waals surface area contributed by atoms with Crippen molar-refractivity contribution in [1.82, 2.24) is 30.8 Å². The SMILES string of the molecule is CCNC(=O)C(=N)N(C(=N)c1cc(C(C)C)c(O)cc1O)c1ccc(C(=O)N2CCC3(CC2)OB([C@H](CC(C)C)NC(=O)[C@H](/C=C/c2ccccc2)NC(=O)c2cnc(C4CCC4)cn2)OC3(C)C)cc1. The zero-order valence-corrected chi connectivity index (χ0v) is 41.6. The number of amidine groups is 2. The molecule has 0 bridgehead atoms. The van der Waals surface area contributed by atoms with E-state index in [0.717, 1.165) is 41.5 Å². The maximum atomic E-state index is 14.3. The number of aromatic hydroxyl groups is 2. The highest BCUT2D eigenvalue weighted by Gasteiger charge is 2.60. The number of phenolic OH excluding ortho intramolecular Hbond substituents is 2. The summed E-state index contributed by atoms with van der Waals surface area (Å²) in [5, 5.41) is 47.8. The zero-order chi connectivity index (χ0) is 51.2. The Bertz CT molecular complexity index is 2630. The van der Waals surface area contributed by atoms with Gasteiger partial charge in [-0.1, -0.05) is 76.6 Å². The van der Waals surface area contributed by atoms with Crippen LogP contribution in [0.25, 0.3) is 6.08 Å². The lowest BCUT2D eigenvalue weighted by Crippen LogP contribution is -2.56. The molecule has 7 rings (SSSR count). The van der Waals surface area contributed by atoms with E-state index in [4.69, 9.17) is 20.1 Å². The molecule has 1 saturated carbocycles. The number of anilines is 1. The van der Waals surface area contributed by atoms with E-state index >= 15 is 0 Å². The van der Waals surface area contributed by atoms with Crippen LogP contribution in [0.5, 0.6) is 11.5 Å². The van der Waals surface area contributed by atoms with Gasteiger partial charge < -0.3 is 40.4 Å². The first-order valence-electron chi connectivity index (χ1n) is 24.5. The summed E-state index contributed by atoms with van der Waals surface area (Å²) in [6.45, 7) is 14.3. The second-order valence-electron chi connectivity index (χ2n) is 19.8. The topological polar surface area (TPSA) is 243 Å². The van der Waals surface area contributed by atoms with Crippen molar-refractivity contribution in [2.24, 2.45) is 5.92 Å². The number of phenols is 2. The first kappa shape index (κ1) is 51.9. The molecule has 4 amide bonds. The minimum atomic E-state index is -1.08. The van der Waals surface area contributed by atoms with Gasteiger partial charge in [0.2, 0.25) is 5.91 Å². The number of piperidine rings is 1. The van der Waals surface area contributed by atoms with Crippen molar-refractivity contribution in [3.8, 4) is 11.5 Å². The number of amides is 4. The van der Waals surface area contributed by atoms with E-state index in [0.29, 0.717) is 49.4 Å². The lowest BCUT2D eigenvalue weighted by Gasteiger charge is -2.45. The van der Waals surface area contributed by atoms with Crippen LogP contribution in [-0.4, -0.2) is 110 Å². The van der Waals surface area contributed by atoms with Gasteiger partial charge in [-0.3, -0.25) is 39.9 Å². The smallest absolute Gasteiger partial charge is 0.481 e. The molecule has 3 fully saturated rings. The average molecular weight is 968 g/mol. The summed E-state index contributed by atoms with van der Waals surface area (Å²) in [4.78, 5) is 66.7. The Kier molecular flexibility index (Phi) is 16.1. The predicted molar refractivity (Wildman–Crippen MR) is 273 cm³/mol. The van der Waals surface area contributed by atoms with Crippen LogP contribution in [0.2, 0.25) is 0 Å². The molecule has 4 aromatic rings. The highest BCUT2D eigenvalue weighted by molar-refractivity contribution is 6.48. The van der Waals surface area contributed by atoms with Crippen LogP contribution in [0, 0.1) is 16.7 Å². The molecule has 2 atom stereocenters.